The number of amides is 1. The molecule has 0 radical (unpaired) electrons. The molecule has 0 aliphatic carbocycles. The second kappa shape index (κ2) is 4.82. The number of aromatic hydroxyl groups is 2. The summed E-state index contributed by atoms with van der Waals surface area (Å²) in [7, 11) is 0. The van der Waals surface area contributed by atoms with E-state index in [-0.39, 0.29) is 24.0 Å². The van der Waals surface area contributed by atoms with Gasteiger partial charge in [0.25, 0.3) is 5.91 Å². The van der Waals surface area contributed by atoms with E-state index in [9.17, 15) is 15.0 Å². The lowest BCUT2D eigenvalue weighted by atomic mass is 10.1. The van der Waals surface area contributed by atoms with Crippen LogP contribution in [0.3, 0.4) is 0 Å². The number of ether oxygens (including phenoxy) is 1. The molecule has 2 aromatic rings. The number of fused-ring (bicyclic) bond motifs is 2. The van der Waals surface area contributed by atoms with Crippen molar-refractivity contribution in [3.05, 3.63) is 36.4 Å². The van der Waals surface area contributed by atoms with Crippen molar-refractivity contribution in [3.63, 3.8) is 0 Å². The van der Waals surface area contributed by atoms with Crippen molar-refractivity contribution in [2.75, 3.05) is 11.4 Å². The Morgan fingerprint density at radius 2 is 1.62 bits per heavy atom. The van der Waals surface area contributed by atoms with Gasteiger partial charge in [0.1, 0.15) is 18.0 Å². The summed E-state index contributed by atoms with van der Waals surface area (Å²) in [5.74, 6) is 0.404. The summed E-state index contributed by atoms with van der Waals surface area (Å²) in [5.41, 5.74) is 0.999. The van der Waals surface area contributed by atoms with E-state index < -0.39 is 0 Å². The maximum atomic E-state index is 12.3. The van der Waals surface area contributed by atoms with Crippen LogP contribution in [0.5, 0.6) is 23.0 Å². The zero-order valence-corrected chi connectivity index (χ0v) is 11.0. The van der Waals surface area contributed by atoms with Gasteiger partial charge in [-0.25, -0.2) is 0 Å². The molecule has 106 valence electrons. The van der Waals surface area contributed by atoms with E-state index in [0.717, 1.165) is 0 Å². The highest BCUT2D eigenvalue weighted by Gasteiger charge is 2.29. The summed E-state index contributed by atoms with van der Waals surface area (Å²) in [6.45, 7) is 3.24. The molecule has 0 saturated heterocycles. The van der Waals surface area contributed by atoms with Gasteiger partial charge in [-0.05, 0) is 31.0 Å². The summed E-state index contributed by atoms with van der Waals surface area (Å²) in [6, 6.07) is 8.92. The maximum absolute atomic E-state index is 12.3. The molecule has 21 heavy (non-hydrogen) atoms. The largest absolute Gasteiger partial charge is 0.508 e. The number of hydrogen-bond acceptors (Lipinski definition) is 5. The number of aliphatic imine (C=N–C) groups is 1. The summed E-state index contributed by atoms with van der Waals surface area (Å²) >= 11 is 0. The lowest BCUT2D eigenvalue weighted by Gasteiger charge is -2.30. The molecule has 0 fully saturated rings. The van der Waals surface area contributed by atoms with E-state index in [0.29, 0.717) is 22.9 Å². The first kappa shape index (κ1) is 13.0. The fourth-order valence-electron chi connectivity index (χ4n) is 2.22. The molecule has 1 amide bonds. The fraction of sp³-hybridized carbons (Fsp3) is 0.0667. The number of carbonyl (C=O) groups is 1. The van der Waals surface area contributed by atoms with Crippen molar-refractivity contribution >= 4 is 24.0 Å². The van der Waals surface area contributed by atoms with E-state index >= 15 is 0 Å². The molecule has 1 aliphatic rings. The number of phenols is 2. The molecule has 6 nitrogen and oxygen atoms in total. The molecule has 1 aliphatic heterocycles. The quantitative estimate of drug-likeness (QED) is 0.830. The van der Waals surface area contributed by atoms with E-state index in [4.69, 9.17) is 4.74 Å². The molecule has 3 rings (SSSR count). The Morgan fingerprint density at radius 1 is 1.10 bits per heavy atom. The van der Waals surface area contributed by atoms with Crippen LogP contribution in [0.4, 0.5) is 11.4 Å². The minimum absolute atomic E-state index is 0.0200. The number of hydrogen-bond donors (Lipinski definition) is 2. The Hall–Kier alpha value is -3.02. The van der Waals surface area contributed by atoms with Crippen LogP contribution in [0.25, 0.3) is 0 Å². The minimum atomic E-state index is -0.285. The predicted octanol–water partition coefficient (Wildman–Crippen LogP) is 2.57. The van der Waals surface area contributed by atoms with Gasteiger partial charge in [0.2, 0.25) is 0 Å². The molecule has 0 aromatic heterocycles. The number of nitrogens with zero attached hydrogens (tertiary/aromatic N) is 2. The van der Waals surface area contributed by atoms with Crippen molar-refractivity contribution in [2.24, 2.45) is 4.99 Å². The number of benzene rings is 2. The van der Waals surface area contributed by atoms with E-state index in [1.807, 2.05) is 0 Å². The maximum Gasteiger partial charge on any atom is 0.253 e. The summed E-state index contributed by atoms with van der Waals surface area (Å²) in [4.78, 5) is 17.3. The topological polar surface area (TPSA) is 82.4 Å². The molecular formula is C15H12N2O4. The molecule has 0 spiro atoms. The van der Waals surface area contributed by atoms with Gasteiger partial charge in [0, 0.05) is 12.1 Å². The predicted molar refractivity (Wildman–Crippen MR) is 77.8 cm³/mol. The second-order valence-electron chi connectivity index (χ2n) is 4.52. The SMILES string of the molecule is C=NCC(=O)N1c2ccc(O)cc2Oc2cc(O)ccc21. The zero-order valence-electron chi connectivity index (χ0n) is 11.0. The van der Waals surface area contributed by atoms with Crippen LogP contribution in [0, 0.1) is 0 Å². The first-order valence-electron chi connectivity index (χ1n) is 6.19. The standard InChI is InChI=1S/C15H12N2O4/c1-16-8-15(20)17-11-4-2-9(18)6-13(11)21-14-7-10(19)3-5-12(14)17/h2-7,18-19H,1,8H2. The molecule has 0 saturated carbocycles. The number of phenolic OH excluding ortho intramolecular Hbond substituents is 2. The molecule has 1 heterocycles. The van der Waals surface area contributed by atoms with Crippen molar-refractivity contribution < 1.29 is 19.7 Å². The van der Waals surface area contributed by atoms with Crippen LogP contribution in [-0.4, -0.2) is 29.4 Å². The number of anilines is 2. The molecule has 0 bridgehead atoms. The van der Waals surface area contributed by atoms with Gasteiger partial charge in [-0.2, -0.15) is 0 Å². The van der Waals surface area contributed by atoms with Crippen LogP contribution < -0.4 is 9.64 Å². The lowest BCUT2D eigenvalue weighted by Crippen LogP contribution is -2.30. The smallest absolute Gasteiger partial charge is 0.253 e. The zero-order chi connectivity index (χ0) is 15.0. The molecule has 6 heteroatoms. The van der Waals surface area contributed by atoms with Gasteiger partial charge in [-0.3, -0.25) is 14.7 Å². The van der Waals surface area contributed by atoms with Gasteiger partial charge >= 0.3 is 0 Å². The Labute approximate surface area is 120 Å². The molecule has 0 unspecified atom stereocenters. The van der Waals surface area contributed by atoms with Crippen LogP contribution in [0.2, 0.25) is 0 Å². The van der Waals surface area contributed by atoms with Crippen LogP contribution >= 0.6 is 0 Å². The van der Waals surface area contributed by atoms with Crippen molar-refractivity contribution in [1.82, 2.24) is 0 Å². The average molecular weight is 284 g/mol. The van der Waals surface area contributed by atoms with Crippen LogP contribution in [-0.2, 0) is 4.79 Å². The summed E-state index contributed by atoms with van der Waals surface area (Å²) in [5, 5.41) is 19.1. The van der Waals surface area contributed by atoms with Gasteiger partial charge in [-0.15, -0.1) is 0 Å². The highest BCUT2D eigenvalue weighted by atomic mass is 16.5. The third kappa shape index (κ3) is 2.16. The monoisotopic (exact) mass is 284 g/mol. The van der Waals surface area contributed by atoms with Gasteiger partial charge in [0.05, 0.1) is 11.4 Å². The first-order valence-corrected chi connectivity index (χ1v) is 6.19. The molecule has 2 aromatic carbocycles. The van der Waals surface area contributed by atoms with E-state index in [1.54, 1.807) is 12.1 Å². The van der Waals surface area contributed by atoms with Crippen LogP contribution in [0.1, 0.15) is 0 Å². The average Bonchev–Trinajstić information content (AvgIpc) is 2.44. The third-order valence-electron chi connectivity index (χ3n) is 3.08. The first-order chi connectivity index (χ1) is 10.1. The Morgan fingerprint density at radius 3 is 2.10 bits per heavy atom. The Kier molecular flexibility index (Phi) is 2.98. The fourth-order valence-corrected chi connectivity index (χ4v) is 2.22. The highest BCUT2D eigenvalue weighted by molar-refractivity contribution is 6.05. The van der Waals surface area contributed by atoms with Gasteiger partial charge in [0.15, 0.2) is 11.5 Å². The van der Waals surface area contributed by atoms with Crippen LogP contribution in [0.15, 0.2) is 41.4 Å². The van der Waals surface area contributed by atoms with E-state index in [1.165, 1.54) is 29.2 Å². The van der Waals surface area contributed by atoms with E-state index in [2.05, 4.69) is 11.7 Å². The van der Waals surface area contributed by atoms with Crippen molar-refractivity contribution in [3.8, 4) is 23.0 Å². The third-order valence-corrected chi connectivity index (χ3v) is 3.08. The van der Waals surface area contributed by atoms with Gasteiger partial charge in [-0.1, -0.05) is 0 Å². The number of rotatable bonds is 2. The normalized spacial score (nSPS) is 12.1. The molecule has 2 N–H and O–H groups in total. The van der Waals surface area contributed by atoms with Gasteiger partial charge < -0.3 is 14.9 Å². The molecular weight excluding hydrogens is 272 g/mol. The van der Waals surface area contributed by atoms with Crippen molar-refractivity contribution in [1.29, 1.82) is 0 Å². The summed E-state index contributed by atoms with van der Waals surface area (Å²) in [6.07, 6.45) is 0. The number of carbonyl (C=O) groups excluding carboxylic acids is 1. The second-order valence-corrected chi connectivity index (χ2v) is 4.52. The summed E-state index contributed by atoms with van der Waals surface area (Å²) < 4.78 is 5.64. The highest BCUT2D eigenvalue weighted by Crippen LogP contribution is 2.48. The lowest BCUT2D eigenvalue weighted by molar-refractivity contribution is -0.116. The Bertz CT molecular complexity index is 691. The molecule has 0 atom stereocenters. The minimum Gasteiger partial charge on any atom is -0.508 e. The Balaban J connectivity index is 2.18. The van der Waals surface area contributed by atoms with Crippen molar-refractivity contribution in [2.45, 2.75) is 0 Å².